The van der Waals surface area contributed by atoms with Crippen LogP contribution in [0, 0.1) is 24.0 Å². The molecule has 2 aliphatic rings. The van der Waals surface area contributed by atoms with Crippen molar-refractivity contribution in [3.05, 3.63) is 56.9 Å². The molecule has 1 aliphatic heterocycles. The zero-order chi connectivity index (χ0) is 22.8. The number of carbonyl (C=O) groups excluding carboxylic acids is 2. The number of aromatic nitrogens is 2. The predicted molar refractivity (Wildman–Crippen MR) is 117 cm³/mol. The molecule has 0 unspecified atom stereocenters. The molecule has 0 spiro atoms. The molecule has 1 aliphatic carbocycles. The molecule has 10 nitrogen and oxygen atoms in total. The highest BCUT2D eigenvalue weighted by molar-refractivity contribution is 5.94. The summed E-state index contributed by atoms with van der Waals surface area (Å²) in [6, 6.07) is 7.65. The van der Waals surface area contributed by atoms with Crippen LogP contribution in [0.3, 0.4) is 0 Å². The molecule has 0 radical (unpaired) electrons. The molecule has 10 heteroatoms. The second-order valence-electron chi connectivity index (χ2n) is 8.54. The van der Waals surface area contributed by atoms with E-state index in [1.807, 2.05) is 17.0 Å². The van der Waals surface area contributed by atoms with Gasteiger partial charge in [-0.15, -0.1) is 0 Å². The summed E-state index contributed by atoms with van der Waals surface area (Å²) in [5, 5.41) is 18.5. The van der Waals surface area contributed by atoms with Gasteiger partial charge in [-0.25, -0.2) is 0 Å². The lowest BCUT2D eigenvalue weighted by Gasteiger charge is -2.34. The predicted octanol–water partition coefficient (Wildman–Crippen LogP) is 1.49. The van der Waals surface area contributed by atoms with Gasteiger partial charge in [0.15, 0.2) is 0 Å². The largest absolute Gasteiger partial charge is 0.352 e. The fraction of sp³-hybridized carbons (Fsp3) is 0.500. The SMILES string of the molecule is Cc1nn(Cc2ccc(C(=O)N3CCN(CC(=O)NC4CC4)CC3)cc2)c(C)c1[N+](=O)[O-]. The minimum absolute atomic E-state index is 0.0274. The molecule has 1 saturated heterocycles. The summed E-state index contributed by atoms with van der Waals surface area (Å²) in [6.07, 6.45) is 2.15. The summed E-state index contributed by atoms with van der Waals surface area (Å²) in [4.78, 5) is 39.5. The average Bonchev–Trinajstić information content (AvgIpc) is 3.52. The Hall–Kier alpha value is -3.27. The lowest BCUT2D eigenvalue weighted by atomic mass is 10.1. The monoisotopic (exact) mass is 440 g/mol. The molecule has 2 aromatic rings. The molecule has 2 heterocycles. The summed E-state index contributed by atoms with van der Waals surface area (Å²) in [6.45, 7) is 6.64. The average molecular weight is 441 g/mol. The fourth-order valence-corrected chi connectivity index (χ4v) is 4.03. The van der Waals surface area contributed by atoms with Crippen molar-refractivity contribution in [3.63, 3.8) is 0 Å². The van der Waals surface area contributed by atoms with Crippen molar-refractivity contribution < 1.29 is 14.5 Å². The Morgan fingerprint density at radius 2 is 1.78 bits per heavy atom. The van der Waals surface area contributed by atoms with E-state index < -0.39 is 4.92 Å². The maximum atomic E-state index is 12.9. The van der Waals surface area contributed by atoms with Crippen molar-refractivity contribution in [2.45, 2.75) is 39.3 Å². The Labute approximate surface area is 186 Å². The summed E-state index contributed by atoms with van der Waals surface area (Å²) < 4.78 is 1.61. The summed E-state index contributed by atoms with van der Waals surface area (Å²) in [5.41, 5.74) is 2.46. The van der Waals surface area contributed by atoms with Crippen LogP contribution in [0.5, 0.6) is 0 Å². The number of hydrogen-bond acceptors (Lipinski definition) is 6. The van der Waals surface area contributed by atoms with Crippen molar-refractivity contribution in [2.24, 2.45) is 0 Å². The third-order valence-electron chi connectivity index (χ3n) is 6.03. The molecule has 170 valence electrons. The Kier molecular flexibility index (Phi) is 6.22. The second kappa shape index (κ2) is 9.07. The topological polar surface area (TPSA) is 114 Å². The minimum atomic E-state index is -0.408. The smallest absolute Gasteiger partial charge is 0.312 e. The summed E-state index contributed by atoms with van der Waals surface area (Å²) >= 11 is 0. The van der Waals surface area contributed by atoms with Gasteiger partial charge in [-0.2, -0.15) is 5.10 Å². The fourth-order valence-electron chi connectivity index (χ4n) is 4.03. The molecule has 0 bridgehead atoms. The number of nitrogens with one attached hydrogen (secondary N) is 1. The van der Waals surface area contributed by atoms with Gasteiger partial charge in [0, 0.05) is 37.8 Å². The van der Waals surface area contributed by atoms with Gasteiger partial charge in [-0.1, -0.05) is 12.1 Å². The molecule has 1 aromatic heterocycles. The first-order chi connectivity index (χ1) is 15.3. The van der Waals surface area contributed by atoms with Gasteiger partial charge in [-0.3, -0.25) is 29.3 Å². The third-order valence-corrected chi connectivity index (χ3v) is 6.03. The van der Waals surface area contributed by atoms with E-state index in [1.54, 1.807) is 30.7 Å². The minimum Gasteiger partial charge on any atom is -0.352 e. The second-order valence-corrected chi connectivity index (χ2v) is 8.54. The van der Waals surface area contributed by atoms with Crippen LogP contribution < -0.4 is 5.32 Å². The van der Waals surface area contributed by atoms with E-state index in [0.717, 1.165) is 18.4 Å². The maximum absolute atomic E-state index is 12.9. The van der Waals surface area contributed by atoms with Crippen molar-refractivity contribution in [2.75, 3.05) is 32.7 Å². The first-order valence-electron chi connectivity index (χ1n) is 10.9. The van der Waals surface area contributed by atoms with E-state index in [0.29, 0.717) is 62.3 Å². The van der Waals surface area contributed by atoms with E-state index in [2.05, 4.69) is 15.3 Å². The Balaban J connectivity index is 1.31. The Morgan fingerprint density at radius 1 is 1.12 bits per heavy atom. The van der Waals surface area contributed by atoms with Gasteiger partial charge in [0.25, 0.3) is 5.91 Å². The molecule has 1 saturated carbocycles. The van der Waals surface area contributed by atoms with Crippen LogP contribution in [0.4, 0.5) is 5.69 Å². The van der Waals surface area contributed by atoms with E-state index in [4.69, 9.17) is 0 Å². The summed E-state index contributed by atoms with van der Waals surface area (Å²) in [5.74, 6) is 0.0381. The number of amides is 2. The van der Waals surface area contributed by atoms with E-state index in [9.17, 15) is 19.7 Å². The molecule has 4 rings (SSSR count). The van der Waals surface area contributed by atoms with Crippen LogP contribution in [-0.2, 0) is 11.3 Å². The molecule has 0 atom stereocenters. The number of benzene rings is 1. The van der Waals surface area contributed by atoms with Gasteiger partial charge < -0.3 is 10.2 Å². The van der Waals surface area contributed by atoms with E-state index in [1.165, 1.54) is 0 Å². The molecule has 1 aromatic carbocycles. The third kappa shape index (κ3) is 4.96. The molecular formula is C22H28N6O4. The van der Waals surface area contributed by atoms with Crippen molar-refractivity contribution >= 4 is 17.5 Å². The van der Waals surface area contributed by atoms with E-state index >= 15 is 0 Å². The zero-order valence-electron chi connectivity index (χ0n) is 18.4. The van der Waals surface area contributed by atoms with Crippen LogP contribution in [0.1, 0.15) is 40.2 Å². The van der Waals surface area contributed by atoms with Crippen molar-refractivity contribution in [1.29, 1.82) is 0 Å². The van der Waals surface area contributed by atoms with Gasteiger partial charge in [-0.05, 0) is 44.4 Å². The molecule has 2 fully saturated rings. The molecule has 2 amide bonds. The number of aryl methyl sites for hydroxylation is 1. The summed E-state index contributed by atoms with van der Waals surface area (Å²) in [7, 11) is 0. The van der Waals surface area contributed by atoms with Crippen molar-refractivity contribution in [3.8, 4) is 0 Å². The number of carbonyl (C=O) groups is 2. The maximum Gasteiger partial charge on any atom is 0.312 e. The highest BCUT2D eigenvalue weighted by Crippen LogP contribution is 2.23. The van der Waals surface area contributed by atoms with Gasteiger partial charge >= 0.3 is 5.69 Å². The van der Waals surface area contributed by atoms with Gasteiger partial charge in [0.1, 0.15) is 11.4 Å². The normalized spacial score (nSPS) is 16.8. The number of nitro groups is 1. The highest BCUT2D eigenvalue weighted by Gasteiger charge is 2.27. The van der Waals surface area contributed by atoms with E-state index in [-0.39, 0.29) is 17.5 Å². The number of piperazine rings is 1. The standard InChI is InChI=1S/C22H28N6O4/c1-15-21(28(31)32)16(2)27(24-15)13-17-3-5-18(6-4-17)22(30)26-11-9-25(10-12-26)14-20(29)23-19-7-8-19/h3-6,19H,7-14H2,1-2H3,(H,23,29). The molecular weight excluding hydrogens is 412 g/mol. The number of rotatable bonds is 7. The molecule has 1 N–H and O–H groups in total. The lowest BCUT2D eigenvalue weighted by molar-refractivity contribution is -0.386. The Bertz CT molecular complexity index is 1020. The van der Waals surface area contributed by atoms with Crippen LogP contribution in [0.2, 0.25) is 0 Å². The first-order valence-corrected chi connectivity index (χ1v) is 10.9. The van der Waals surface area contributed by atoms with Crippen molar-refractivity contribution in [1.82, 2.24) is 24.9 Å². The number of nitrogens with zero attached hydrogens (tertiary/aromatic N) is 5. The van der Waals surface area contributed by atoms with Crippen LogP contribution in [0.25, 0.3) is 0 Å². The Morgan fingerprint density at radius 3 is 2.34 bits per heavy atom. The quantitative estimate of drug-likeness (QED) is 0.516. The van der Waals surface area contributed by atoms with Gasteiger partial charge in [0.2, 0.25) is 5.91 Å². The highest BCUT2D eigenvalue weighted by atomic mass is 16.6. The van der Waals surface area contributed by atoms with Crippen LogP contribution >= 0.6 is 0 Å². The van der Waals surface area contributed by atoms with Gasteiger partial charge in [0.05, 0.1) is 18.0 Å². The van der Waals surface area contributed by atoms with Crippen LogP contribution in [-0.4, -0.2) is 75.1 Å². The lowest BCUT2D eigenvalue weighted by Crippen LogP contribution is -2.51. The van der Waals surface area contributed by atoms with Crippen LogP contribution in [0.15, 0.2) is 24.3 Å². The number of hydrogen-bond donors (Lipinski definition) is 1. The molecule has 32 heavy (non-hydrogen) atoms. The first kappa shape index (κ1) is 21.9. The zero-order valence-corrected chi connectivity index (χ0v) is 18.4.